The van der Waals surface area contributed by atoms with Gasteiger partial charge in [0.05, 0.1) is 16.7 Å². The highest BCUT2D eigenvalue weighted by atomic mass is 35.5. The van der Waals surface area contributed by atoms with Crippen molar-refractivity contribution in [2.45, 2.75) is 0 Å². The monoisotopic (exact) mass is 202 g/mol. The minimum absolute atomic E-state index is 0.761. The summed E-state index contributed by atoms with van der Waals surface area (Å²) in [5.74, 6) is 0. The van der Waals surface area contributed by atoms with Crippen LogP contribution >= 0.6 is 11.6 Å². The maximum atomic E-state index is 6.15. The molecule has 1 aromatic heterocycles. The number of nitrogens with zero attached hydrogens (tertiary/aromatic N) is 1. The Labute approximate surface area is 85.5 Å². The van der Waals surface area contributed by atoms with Crippen molar-refractivity contribution >= 4 is 33.3 Å². The van der Waals surface area contributed by atoms with E-state index in [-0.39, 0.29) is 0 Å². The Bertz CT molecular complexity index is 613. The van der Waals surface area contributed by atoms with Crippen molar-refractivity contribution in [1.29, 1.82) is 0 Å². The molecule has 3 rings (SSSR count). The third-order valence-corrected chi connectivity index (χ3v) is 2.73. The van der Waals surface area contributed by atoms with E-state index in [9.17, 15) is 0 Å². The third kappa shape index (κ3) is 0.946. The zero-order valence-corrected chi connectivity index (χ0v) is 8.05. The van der Waals surface area contributed by atoms with Gasteiger partial charge >= 0.3 is 0 Å². The molecule has 1 heterocycles. The van der Waals surface area contributed by atoms with Gasteiger partial charge in [-0.05, 0) is 11.5 Å². The minimum atomic E-state index is 0.761. The quantitative estimate of drug-likeness (QED) is 0.595. The second kappa shape index (κ2) is 2.72. The summed E-state index contributed by atoms with van der Waals surface area (Å²) >= 11 is 6.15. The molecule has 0 amide bonds. The smallest absolute Gasteiger partial charge is 0.0671 e. The number of aromatic nitrogens is 2. The molecule has 3 heteroatoms. The van der Waals surface area contributed by atoms with Crippen LogP contribution in [0.15, 0.2) is 36.5 Å². The van der Waals surface area contributed by atoms with Gasteiger partial charge in [0, 0.05) is 10.8 Å². The van der Waals surface area contributed by atoms with Crippen LogP contribution in [0, 0.1) is 0 Å². The summed E-state index contributed by atoms with van der Waals surface area (Å²) in [5, 5.41) is 11.0. The lowest BCUT2D eigenvalue weighted by atomic mass is 10.1. The average molecular weight is 203 g/mol. The SMILES string of the molecule is Clc1cc2[nH]ncc2c2ccccc12. The van der Waals surface area contributed by atoms with Gasteiger partial charge in [-0.25, -0.2) is 0 Å². The van der Waals surface area contributed by atoms with Gasteiger partial charge in [-0.15, -0.1) is 0 Å². The Morgan fingerprint density at radius 1 is 1.07 bits per heavy atom. The maximum absolute atomic E-state index is 6.15. The van der Waals surface area contributed by atoms with Gasteiger partial charge in [-0.3, -0.25) is 5.10 Å². The van der Waals surface area contributed by atoms with Crippen LogP contribution < -0.4 is 0 Å². The second-order valence-electron chi connectivity index (χ2n) is 3.24. The fourth-order valence-corrected chi connectivity index (χ4v) is 2.03. The Kier molecular flexibility index (Phi) is 1.52. The van der Waals surface area contributed by atoms with Crippen LogP contribution in [0.3, 0.4) is 0 Å². The van der Waals surface area contributed by atoms with Crippen LogP contribution in [-0.2, 0) is 0 Å². The molecule has 0 fully saturated rings. The summed E-state index contributed by atoms with van der Waals surface area (Å²) in [6.07, 6.45) is 1.83. The molecule has 0 radical (unpaired) electrons. The predicted molar refractivity (Wildman–Crippen MR) is 58.6 cm³/mol. The summed E-state index contributed by atoms with van der Waals surface area (Å²) in [7, 11) is 0. The Hall–Kier alpha value is -1.54. The van der Waals surface area contributed by atoms with Gasteiger partial charge in [-0.1, -0.05) is 35.9 Å². The van der Waals surface area contributed by atoms with Crippen LogP contribution in [0.1, 0.15) is 0 Å². The largest absolute Gasteiger partial charge is 0.278 e. The highest BCUT2D eigenvalue weighted by Crippen LogP contribution is 2.29. The van der Waals surface area contributed by atoms with Crippen molar-refractivity contribution in [1.82, 2.24) is 10.2 Å². The van der Waals surface area contributed by atoms with Gasteiger partial charge in [0.1, 0.15) is 0 Å². The first-order chi connectivity index (χ1) is 6.86. The van der Waals surface area contributed by atoms with Crippen molar-refractivity contribution in [2.24, 2.45) is 0 Å². The summed E-state index contributed by atoms with van der Waals surface area (Å²) in [4.78, 5) is 0. The molecule has 0 saturated heterocycles. The number of rotatable bonds is 0. The molecule has 0 atom stereocenters. The number of hydrogen-bond acceptors (Lipinski definition) is 1. The van der Waals surface area contributed by atoms with Gasteiger partial charge in [0.2, 0.25) is 0 Å². The summed E-state index contributed by atoms with van der Waals surface area (Å²) in [6.45, 7) is 0. The second-order valence-corrected chi connectivity index (χ2v) is 3.64. The summed E-state index contributed by atoms with van der Waals surface area (Å²) in [5.41, 5.74) is 0.980. The molecular weight excluding hydrogens is 196 g/mol. The number of H-pyrrole nitrogens is 1. The zero-order chi connectivity index (χ0) is 9.54. The van der Waals surface area contributed by atoms with E-state index in [2.05, 4.69) is 16.3 Å². The topological polar surface area (TPSA) is 28.7 Å². The standard InChI is InChI=1S/C11H7ClN2/c12-10-5-11-9(6-13-14-11)7-3-1-2-4-8(7)10/h1-6H,(H,13,14). The molecule has 0 spiro atoms. The summed E-state index contributed by atoms with van der Waals surface area (Å²) < 4.78 is 0. The van der Waals surface area contributed by atoms with Gasteiger partial charge < -0.3 is 0 Å². The van der Waals surface area contributed by atoms with E-state index < -0.39 is 0 Å². The van der Waals surface area contributed by atoms with E-state index in [1.807, 2.05) is 30.5 Å². The Morgan fingerprint density at radius 3 is 2.71 bits per heavy atom. The number of fused-ring (bicyclic) bond motifs is 3. The molecule has 0 unspecified atom stereocenters. The minimum Gasteiger partial charge on any atom is -0.278 e. The molecule has 0 bridgehead atoms. The number of aromatic amines is 1. The van der Waals surface area contributed by atoms with Crippen molar-refractivity contribution in [3.63, 3.8) is 0 Å². The predicted octanol–water partition coefficient (Wildman–Crippen LogP) is 3.37. The lowest BCUT2D eigenvalue weighted by molar-refractivity contribution is 1.12. The molecule has 68 valence electrons. The van der Waals surface area contributed by atoms with Crippen molar-refractivity contribution in [3.8, 4) is 0 Å². The molecule has 2 aromatic carbocycles. The van der Waals surface area contributed by atoms with Crippen molar-refractivity contribution < 1.29 is 0 Å². The molecule has 2 nitrogen and oxygen atoms in total. The van der Waals surface area contributed by atoms with E-state index in [4.69, 9.17) is 11.6 Å². The van der Waals surface area contributed by atoms with Gasteiger partial charge in [0.15, 0.2) is 0 Å². The number of benzene rings is 2. The molecule has 0 saturated carbocycles. The molecule has 0 aliphatic heterocycles. The van der Waals surface area contributed by atoms with Crippen LogP contribution in [0.2, 0.25) is 5.02 Å². The lowest BCUT2D eigenvalue weighted by Crippen LogP contribution is -1.76. The van der Waals surface area contributed by atoms with Crippen molar-refractivity contribution in [2.75, 3.05) is 0 Å². The van der Waals surface area contributed by atoms with Gasteiger partial charge in [-0.2, -0.15) is 5.10 Å². The van der Waals surface area contributed by atoms with Crippen molar-refractivity contribution in [3.05, 3.63) is 41.6 Å². The van der Waals surface area contributed by atoms with Gasteiger partial charge in [0.25, 0.3) is 0 Å². The van der Waals surface area contributed by atoms with E-state index in [1.54, 1.807) is 0 Å². The van der Waals surface area contributed by atoms with E-state index in [0.29, 0.717) is 0 Å². The van der Waals surface area contributed by atoms with Crippen LogP contribution in [0.4, 0.5) is 0 Å². The molecule has 1 N–H and O–H groups in total. The van der Waals surface area contributed by atoms with Crippen LogP contribution in [0.5, 0.6) is 0 Å². The molecule has 0 aliphatic carbocycles. The van der Waals surface area contributed by atoms with Crippen LogP contribution in [0.25, 0.3) is 21.7 Å². The Balaban J connectivity index is 2.67. The normalized spacial score (nSPS) is 11.2. The molecular formula is C11H7ClN2. The highest BCUT2D eigenvalue weighted by molar-refractivity contribution is 6.37. The number of halogens is 1. The zero-order valence-electron chi connectivity index (χ0n) is 7.29. The van der Waals surface area contributed by atoms with E-state index in [1.165, 1.54) is 0 Å². The number of nitrogens with one attached hydrogen (secondary N) is 1. The Morgan fingerprint density at radius 2 is 1.86 bits per heavy atom. The first-order valence-corrected chi connectivity index (χ1v) is 4.74. The lowest BCUT2D eigenvalue weighted by Gasteiger charge is -2.00. The summed E-state index contributed by atoms with van der Waals surface area (Å²) in [6, 6.07) is 9.97. The fourth-order valence-electron chi connectivity index (χ4n) is 1.75. The average Bonchev–Trinajstić information content (AvgIpc) is 2.66. The highest BCUT2D eigenvalue weighted by Gasteiger charge is 2.04. The molecule has 0 aliphatic rings. The van der Waals surface area contributed by atoms with E-state index in [0.717, 1.165) is 26.7 Å². The first kappa shape index (κ1) is 7.83. The maximum Gasteiger partial charge on any atom is 0.0671 e. The van der Waals surface area contributed by atoms with E-state index >= 15 is 0 Å². The van der Waals surface area contributed by atoms with Crippen LogP contribution in [-0.4, -0.2) is 10.2 Å². The molecule has 14 heavy (non-hydrogen) atoms. The first-order valence-electron chi connectivity index (χ1n) is 4.36. The third-order valence-electron chi connectivity index (χ3n) is 2.41. The fraction of sp³-hybridized carbons (Fsp3) is 0. The molecule has 3 aromatic rings. The number of hydrogen-bond donors (Lipinski definition) is 1.